The van der Waals surface area contributed by atoms with Gasteiger partial charge in [-0.3, -0.25) is 37.3 Å². The van der Waals surface area contributed by atoms with E-state index in [-0.39, 0.29) is 25.7 Å². The number of carbonyl (C=O) groups excluding carboxylic acids is 4. The molecule has 0 aliphatic heterocycles. The fourth-order valence-electron chi connectivity index (χ4n) is 11.5. The second-order valence-electron chi connectivity index (χ2n) is 28.6. The molecule has 0 saturated heterocycles. The highest BCUT2D eigenvalue weighted by Gasteiger charge is 2.30. The summed E-state index contributed by atoms with van der Waals surface area (Å²) in [7, 11) is -9.91. The molecule has 8 atom stereocenters. The van der Waals surface area contributed by atoms with Gasteiger partial charge in [0.25, 0.3) is 0 Å². The van der Waals surface area contributed by atoms with Crippen LogP contribution in [-0.2, 0) is 65.4 Å². The van der Waals surface area contributed by atoms with E-state index in [0.717, 1.165) is 120 Å². The van der Waals surface area contributed by atoms with Crippen LogP contribution in [-0.4, -0.2) is 96.7 Å². The van der Waals surface area contributed by atoms with Gasteiger partial charge < -0.3 is 33.8 Å². The summed E-state index contributed by atoms with van der Waals surface area (Å²) in [4.78, 5) is 72.8. The molecule has 0 bridgehead atoms. The van der Waals surface area contributed by atoms with Crippen LogP contribution in [0, 0.1) is 23.7 Å². The molecule has 19 heteroatoms. The van der Waals surface area contributed by atoms with Crippen LogP contribution >= 0.6 is 15.6 Å². The first-order valence-corrected chi connectivity index (χ1v) is 42.3. The number of hydrogen-bond acceptors (Lipinski definition) is 15. The van der Waals surface area contributed by atoms with Crippen LogP contribution in [0.25, 0.3) is 0 Å². The van der Waals surface area contributed by atoms with Crippen molar-refractivity contribution in [2.24, 2.45) is 23.7 Å². The molecule has 5 unspecified atom stereocenters. The normalized spacial score (nSPS) is 15.0. The number of ether oxygens (including phenoxy) is 4. The molecule has 0 radical (unpaired) electrons. The third-order valence-electron chi connectivity index (χ3n) is 18.7. The van der Waals surface area contributed by atoms with Gasteiger partial charge >= 0.3 is 39.5 Å². The zero-order valence-corrected chi connectivity index (χ0v) is 64.1. The van der Waals surface area contributed by atoms with Crippen LogP contribution < -0.4 is 0 Å². The smallest absolute Gasteiger partial charge is 0.462 e. The Kier molecular flexibility index (Phi) is 64.0. The van der Waals surface area contributed by atoms with E-state index in [2.05, 4.69) is 55.4 Å². The highest BCUT2D eigenvalue weighted by atomic mass is 31.2. The second-order valence-corrected chi connectivity index (χ2v) is 31.5. The fourth-order valence-corrected chi connectivity index (χ4v) is 13.0. The quantitative estimate of drug-likeness (QED) is 0.0222. The maximum absolute atomic E-state index is 13.1. The van der Waals surface area contributed by atoms with Crippen molar-refractivity contribution in [1.29, 1.82) is 0 Å². The summed E-state index contributed by atoms with van der Waals surface area (Å²) in [6, 6.07) is 0. The van der Waals surface area contributed by atoms with Crippen LogP contribution in [0.5, 0.6) is 0 Å². The van der Waals surface area contributed by atoms with Crippen molar-refractivity contribution in [2.45, 2.75) is 401 Å². The SMILES string of the molecule is CCC(C)CCCCCCCCCCCCCCCCC(=O)OC[C@H](COP(=O)(O)OC[C@@H](O)COP(=O)(O)OC[C@@H](COC(=O)CCCCCCCCC(C)CC)OC(=O)CCCCCCCCCCCCC(C)CC)OC(=O)CCCCCCCCCCCCC(C)C. The molecule has 0 aromatic rings. The fraction of sp³-hybridized carbons (Fsp3) is 0.947. The van der Waals surface area contributed by atoms with Crippen molar-refractivity contribution in [1.82, 2.24) is 0 Å². The average Bonchev–Trinajstić information content (AvgIpc) is 2.37. The third kappa shape index (κ3) is 66.4. The first-order chi connectivity index (χ1) is 45.7. The van der Waals surface area contributed by atoms with Gasteiger partial charge in [-0.15, -0.1) is 0 Å². The Morgan fingerprint density at radius 2 is 0.505 bits per heavy atom. The van der Waals surface area contributed by atoms with Crippen LogP contribution in [0.15, 0.2) is 0 Å². The molecule has 0 aliphatic rings. The molecule has 3 N–H and O–H groups in total. The first-order valence-electron chi connectivity index (χ1n) is 39.3. The van der Waals surface area contributed by atoms with Gasteiger partial charge in [0.2, 0.25) is 0 Å². The molecular formula is C76H148O17P2. The Bertz CT molecular complexity index is 1870. The number of carbonyl (C=O) groups is 4. The van der Waals surface area contributed by atoms with Gasteiger partial charge in [0.05, 0.1) is 26.4 Å². The Labute approximate surface area is 581 Å². The van der Waals surface area contributed by atoms with E-state index >= 15 is 0 Å². The summed E-state index contributed by atoms with van der Waals surface area (Å²) in [6.45, 7) is 14.2. The molecule has 0 aromatic heterocycles. The maximum atomic E-state index is 13.1. The molecule has 0 aromatic carbocycles. The molecule has 95 heavy (non-hydrogen) atoms. The van der Waals surface area contributed by atoms with Crippen molar-refractivity contribution in [2.75, 3.05) is 39.6 Å². The molecule has 0 fully saturated rings. The van der Waals surface area contributed by atoms with Gasteiger partial charge in [-0.25, -0.2) is 9.13 Å². The van der Waals surface area contributed by atoms with E-state index < -0.39 is 97.5 Å². The zero-order chi connectivity index (χ0) is 70.3. The Morgan fingerprint density at radius 1 is 0.295 bits per heavy atom. The van der Waals surface area contributed by atoms with Crippen molar-refractivity contribution in [3.05, 3.63) is 0 Å². The Hall–Kier alpha value is -1.94. The standard InChI is InChI=1S/C76H148O17P2/c1-9-67(6)53-45-37-29-23-16-14-12-13-15-17-25-31-40-48-56-73(78)86-62-71(92-75(80)58-50-42-32-26-20-18-22-28-36-44-52-66(4)5)64-90-94(82,83)88-60-70(77)61-89-95(84,85)91-65-72(63-87-74(79)57-49-41-35-34-39-47-55-69(8)11-3)93-76(81)59-51-43-33-27-21-19-24-30-38-46-54-68(7)10-2/h66-72,77H,9-65H2,1-8H3,(H,82,83)(H,84,85)/t67?,68?,69?,70-,71-,72-/m1/s1. The molecule has 0 saturated carbocycles. The van der Waals surface area contributed by atoms with Gasteiger partial charge in [-0.05, 0) is 49.4 Å². The molecule has 0 aliphatic carbocycles. The Balaban J connectivity index is 5.24. The minimum absolute atomic E-state index is 0.105. The summed E-state index contributed by atoms with van der Waals surface area (Å²) in [5.41, 5.74) is 0. The maximum Gasteiger partial charge on any atom is 0.472 e. The largest absolute Gasteiger partial charge is 0.472 e. The van der Waals surface area contributed by atoms with Gasteiger partial charge in [0, 0.05) is 25.7 Å². The van der Waals surface area contributed by atoms with Crippen molar-refractivity contribution in [3.8, 4) is 0 Å². The predicted octanol–water partition coefficient (Wildman–Crippen LogP) is 22.0. The van der Waals surface area contributed by atoms with Crippen molar-refractivity contribution >= 4 is 39.5 Å². The molecule has 564 valence electrons. The van der Waals surface area contributed by atoms with E-state index in [9.17, 15) is 43.2 Å². The number of unbranched alkanes of at least 4 members (excludes halogenated alkanes) is 36. The lowest BCUT2D eigenvalue weighted by Crippen LogP contribution is -2.30. The summed E-state index contributed by atoms with van der Waals surface area (Å²) >= 11 is 0. The highest BCUT2D eigenvalue weighted by Crippen LogP contribution is 2.45. The molecule has 0 heterocycles. The van der Waals surface area contributed by atoms with Gasteiger partial charge in [-0.1, -0.05) is 331 Å². The molecule has 17 nitrogen and oxygen atoms in total. The van der Waals surface area contributed by atoms with E-state index in [4.69, 9.17) is 37.0 Å². The minimum atomic E-state index is -4.96. The van der Waals surface area contributed by atoms with Crippen LogP contribution in [0.2, 0.25) is 0 Å². The van der Waals surface area contributed by atoms with Crippen molar-refractivity contribution in [3.63, 3.8) is 0 Å². The number of aliphatic hydroxyl groups excluding tert-OH is 1. The van der Waals surface area contributed by atoms with E-state index in [1.807, 2.05) is 0 Å². The highest BCUT2D eigenvalue weighted by molar-refractivity contribution is 7.47. The second kappa shape index (κ2) is 65.4. The molecule has 0 amide bonds. The van der Waals surface area contributed by atoms with E-state index in [1.54, 1.807) is 0 Å². The summed E-state index contributed by atoms with van der Waals surface area (Å²) < 4.78 is 68.5. The lowest BCUT2D eigenvalue weighted by atomic mass is 9.99. The van der Waals surface area contributed by atoms with Gasteiger partial charge in [0.1, 0.15) is 19.3 Å². The van der Waals surface area contributed by atoms with Gasteiger partial charge in [0.15, 0.2) is 12.2 Å². The Morgan fingerprint density at radius 3 is 0.747 bits per heavy atom. The average molecular weight is 1400 g/mol. The van der Waals surface area contributed by atoms with Gasteiger partial charge in [-0.2, -0.15) is 0 Å². The number of phosphoric acid groups is 2. The van der Waals surface area contributed by atoms with Crippen LogP contribution in [0.4, 0.5) is 0 Å². The summed E-state index contributed by atoms with van der Waals surface area (Å²) in [6.07, 6.45) is 49.8. The number of phosphoric ester groups is 2. The molecule has 0 spiro atoms. The minimum Gasteiger partial charge on any atom is -0.462 e. The summed E-state index contributed by atoms with van der Waals surface area (Å²) in [5, 5.41) is 10.6. The van der Waals surface area contributed by atoms with Crippen LogP contribution in [0.1, 0.15) is 383 Å². The first kappa shape index (κ1) is 93.1. The lowest BCUT2D eigenvalue weighted by Gasteiger charge is -2.21. The lowest BCUT2D eigenvalue weighted by molar-refractivity contribution is -0.161. The number of aliphatic hydroxyl groups is 1. The predicted molar refractivity (Wildman–Crippen MR) is 386 cm³/mol. The molecular weight excluding hydrogens is 1250 g/mol. The number of rotatable bonds is 73. The number of hydrogen-bond donors (Lipinski definition) is 3. The van der Waals surface area contributed by atoms with E-state index in [1.165, 1.54) is 180 Å². The topological polar surface area (TPSA) is 237 Å². The monoisotopic (exact) mass is 1400 g/mol. The third-order valence-corrected chi connectivity index (χ3v) is 20.6. The zero-order valence-electron chi connectivity index (χ0n) is 62.3. The van der Waals surface area contributed by atoms with Crippen molar-refractivity contribution < 1.29 is 80.2 Å². The van der Waals surface area contributed by atoms with E-state index in [0.29, 0.717) is 25.7 Å². The number of esters is 4. The molecule has 0 rings (SSSR count). The summed E-state index contributed by atoms with van der Waals surface area (Å²) in [5.74, 6) is 1.01. The van der Waals surface area contributed by atoms with Crippen LogP contribution in [0.3, 0.4) is 0 Å².